The number of ether oxygens (including phenoxy) is 1. The molecule has 7 nitrogen and oxygen atoms in total. The third kappa shape index (κ3) is 4.76. The fourth-order valence-corrected chi connectivity index (χ4v) is 5.26. The van der Waals surface area contributed by atoms with Crippen molar-refractivity contribution in [1.29, 1.82) is 0 Å². The highest BCUT2D eigenvalue weighted by Crippen LogP contribution is 2.35. The average molecular weight is 476 g/mol. The first kappa shape index (κ1) is 23.0. The maximum Gasteiger partial charge on any atom is 0.511 e. The molecule has 1 aliphatic heterocycles. The Morgan fingerprint density at radius 1 is 1.22 bits per heavy atom. The zero-order chi connectivity index (χ0) is 22.9. The molecule has 1 fully saturated rings. The van der Waals surface area contributed by atoms with Gasteiger partial charge in [-0.1, -0.05) is 12.8 Å². The smallest absolute Gasteiger partial charge is 0.376 e. The minimum Gasteiger partial charge on any atom is -0.376 e. The Morgan fingerprint density at radius 3 is 2.62 bits per heavy atom. The van der Waals surface area contributed by atoms with Crippen molar-refractivity contribution in [2.75, 3.05) is 18.1 Å². The van der Waals surface area contributed by atoms with Crippen LogP contribution >= 0.6 is 0 Å². The second-order valence-electron chi connectivity index (χ2n) is 8.11. The van der Waals surface area contributed by atoms with E-state index in [9.17, 15) is 26.0 Å². The summed E-state index contributed by atoms with van der Waals surface area (Å²) < 4.78 is 85.2. The summed E-state index contributed by atoms with van der Waals surface area (Å²) in [5.41, 5.74) is -4.17. The van der Waals surface area contributed by atoms with Crippen LogP contribution in [0.2, 0.25) is 0 Å². The number of aromatic nitrogens is 2. The number of nitrogens with one attached hydrogen (secondary N) is 1. The molecule has 1 aromatic heterocycles. The van der Waals surface area contributed by atoms with Crippen LogP contribution in [0.3, 0.4) is 0 Å². The molecule has 176 valence electrons. The van der Waals surface area contributed by atoms with Crippen LogP contribution in [-0.4, -0.2) is 53.5 Å². The fraction of sp³-hybridized carbons (Fsp3) is 0.550. The molecule has 12 heteroatoms. The molecule has 1 aliphatic carbocycles. The monoisotopic (exact) mass is 476 g/mol. The van der Waals surface area contributed by atoms with Crippen LogP contribution in [0, 0.1) is 5.82 Å². The fourth-order valence-electron chi connectivity index (χ4n) is 4.29. The summed E-state index contributed by atoms with van der Waals surface area (Å²) in [6.07, 6.45) is 6.80. The Bertz CT molecular complexity index is 1020. The van der Waals surface area contributed by atoms with Gasteiger partial charge in [0.2, 0.25) is 0 Å². The number of alkyl halides is 3. The van der Waals surface area contributed by atoms with Gasteiger partial charge in [0.15, 0.2) is 0 Å². The molecule has 2 heterocycles. The second kappa shape index (κ2) is 8.99. The molecular weight excluding hydrogens is 452 g/mol. The number of fused-ring (bicyclic) bond motifs is 1. The van der Waals surface area contributed by atoms with Gasteiger partial charge in [0.1, 0.15) is 5.82 Å². The van der Waals surface area contributed by atoms with Crippen LogP contribution in [0.5, 0.6) is 0 Å². The summed E-state index contributed by atoms with van der Waals surface area (Å²) in [4.78, 5) is 8.69. The number of H-pyrrole nitrogens is 1. The van der Waals surface area contributed by atoms with Gasteiger partial charge in [-0.25, -0.2) is 17.8 Å². The van der Waals surface area contributed by atoms with Crippen LogP contribution < -0.4 is 4.90 Å². The third-order valence-electron chi connectivity index (χ3n) is 5.91. The van der Waals surface area contributed by atoms with E-state index in [1.807, 2.05) is 0 Å². The number of hydrogen-bond donors (Lipinski definition) is 1. The van der Waals surface area contributed by atoms with Crippen molar-refractivity contribution >= 4 is 15.7 Å². The minimum absolute atomic E-state index is 0.00683. The minimum atomic E-state index is -5.63. The van der Waals surface area contributed by atoms with Gasteiger partial charge in [-0.2, -0.15) is 17.5 Å². The number of aromatic amines is 1. The SMILES string of the molecule is O=S(=O)(N1Cc2cc(F)ccc2N(Cc2cnc[nH]2)[C@H](COC2CCCC2)C1)C(F)(F)F. The van der Waals surface area contributed by atoms with E-state index < -0.39 is 40.5 Å². The highest BCUT2D eigenvalue weighted by Gasteiger charge is 2.51. The van der Waals surface area contributed by atoms with Crippen molar-refractivity contribution in [3.05, 3.63) is 47.8 Å². The first-order chi connectivity index (χ1) is 15.1. The highest BCUT2D eigenvalue weighted by molar-refractivity contribution is 7.89. The number of imidazole rings is 1. The van der Waals surface area contributed by atoms with Crippen LogP contribution in [0.25, 0.3) is 0 Å². The van der Waals surface area contributed by atoms with E-state index in [4.69, 9.17) is 4.74 Å². The van der Waals surface area contributed by atoms with Crippen molar-refractivity contribution in [3.8, 4) is 0 Å². The lowest BCUT2D eigenvalue weighted by molar-refractivity contribution is -0.0495. The maximum absolute atomic E-state index is 14.0. The number of benzene rings is 1. The van der Waals surface area contributed by atoms with Gasteiger partial charge in [0.05, 0.1) is 37.3 Å². The zero-order valence-corrected chi connectivity index (χ0v) is 18.0. The van der Waals surface area contributed by atoms with Gasteiger partial charge < -0.3 is 14.6 Å². The Morgan fingerprint density at radius 2 is 1.97 bits per heavy atom. The largest absolute Gasteiger partial charge is 0.511 e. The summed E-state index contributed by atoms with van der Waals surface area (Å²) >= 11 is 0. The molecule has 1 atom stereocenters. The van der Waals surface area contributed by atoms with E-state index in [0.717, 1.165) is 31.7 Å². The maximum atomic E-state index is 14.0. The lowest BCUT2D eigenvalue weighted by Gasteiger charge is -2.34. The molecule has 32 heavy (non-hydrogen) atoms. The lowest BCUT2D eigenvalue weighted by atomic mass is 10.1. The number of halogens is 4. The van der Waals surface area contributed by atoms with E-state index in [1.165, 1.54) is 18.5 Å². The summed E-state index contributed by atoms with van der Waals surface area (Å²) in [5.74, 6) is -0.657. The Labute approximate surface area is 183 Å². The lowest BCUT2D eigenvalue weighted by Crippen LogP contribution is -2.49. The predicted molar refractivity (Wildman–Crippen MR) is 109 cm³/mol. The zero-order valence-electron chi connectivity index (χ0n) is 17.2. The molecule has 1 N–H and O–H groups in total. The van der Waals surface area contributed by atoms with E-state index in [1.54, 1.807) is 11.1 Å². The summed E-state index contributed by atoms with van der Waals surface area (Å²) in [5, 5.41) is 0. The summed E-state index contributed by atoms with van der Waals surface area (Å²) in [7, 11) is -5.63. The Kier molecular flexibility index (Phi) is 6.46. The van der Waals surface area contributed by atoms with Gasteiger partial charge in [-0.3, -0.25) is 0 Å². The molecule has 0 spiro atoms. The summed E-state index contributed by atoms with van der Waals surface area (Å²) in [6, 6.07) is 3.03. The predicted octanol–water partition coefficient (Wildman–Crippen LogP) is 3.55. The molecule has 0 amide bonds. The standard InChI is InChI=1S/C20H24F4N4O3S/c21-15-5-6-19-14(7-15)9-27(32(29,30)20(22,23)24)11-17(12-31-18-3-1-2-4-18)28(19)10-16-8-25-13-26-16/h5-8,13,17-18H,1-4,9-12H2,(H,25,26)/t17-/m0/s1. The molecule has 0 saturated heterocycles. The first-order valence-electron chi connectivity index (χ1n) is 10.4. The van der Waals surface area contributed by atoms with Gasteiger partial charge in [0.25, 0.3) is 0 Å². The van der Waals surface area contributed by atoms with Gasteiger partial charge in [-0.15, -0.1) is 0 Å². The number of rotatable bonds is 6. The van der Waals surface area contributed by atoms with Gasteiger partial charge in [-0.05, 0) is 36.6 Å². The molecule has 2 aliphatic rings. The van der Waals surface area contributed by atoms with Crippen molar-refractivity contribution in [2.45, 2.75) is 56.4 Å². The molecule has 0 radical (unpaired) electrons. The van der Waals surface area contributed by atoms with Crippen LogP contribution in [0.15, 0.2) is 30.7 Å². The van der Waals surface area contributed by atoms with Crippen LogP contribution in [-0.2, 0) is 27.8 Å². The summed E-state index contributed by atoms with van der Waals surface area (Å²) in [6.45, 7) is -0.774. The number of sulfonamides is 1. The quantitative estimate of drug-likeness (QED) is 0.646. The van der Waals surface area contributed by atoms with Gasteiger partial charge >= 0.3 is 15.5 Å². The highest BCUT2D eigenvalue weighted by atomic mass is 32.2. The molecule has 1 aromatic carbocycles. The van der Waals surface area contributed by atoms with Gasteiger partial charge in [0, 0.05) is 25.0 Å². The van der Waals surface area contributed by atoms with E-state index in [0.29, 0.717) is 15.7 Å². The molecule has 4 rings (SSSR count). The molecule has 0 unspecified atom stereocenters. The van der Waals surface area contributed by atoms with E-state index in [2.05, 4.69) is 9.97 Å². The van der Waals surface area contributed by atoms with Crippen LogP contribution in [0.4, 0.5) is 23.2 Å². The van der Waals surface area contributed by atoms with Crippen molar-refractivity contribution in [2.24, 2.45) is 0 Å². The average Bonchev–Trinajstić information content (AvgIpc) is 3.40. The van der Waals surface area contributed by atoms with E-state index in [-0.39, 0.29) is 24.8 Å². The normalized spacial score (nSPS) is 21.0. The number of hydrogen-bond acceptors (Lipinski definition) is 5. The molecule has 0 bridgehead atoms. The van der Waals surface area contributed by atoms with Crippen molar-refractivity contribution < 1.29 is 30.7 Å². The number of nitrogens with zero attached hydrogens (tertiary/aromatic N) is 3. The third-order valence-corrected chi connectivity index (χ3v) is 7.45. The molecular formula is C20H24F4N4O3S. The van der Waals surface area contributed by atoms with Crippen LogP contribution in [0.1, 0.15) is 36.9 Å². The molecule has 1 saturated carbocycles. The molecule has 2 aromatic rings. The van der Waals surface area contributed by atoms with Crippen molar-refractivity contribution in [3.63, 3.8) is 0 Å². The van der Waals surface area contributed by atoms with Crippen molar-refractivity contribution in [1.82, 2.24) is 14.3 Å². The Balaban J connectivity index is 1.73. The number of anilines is 1. The first-order valence-corrected chi connectivity index (χ1v) is 11.8. The topological polar surface area (TPSA) is 78.5 Å². The second-order valence-corrected chi connectivity index (χ2v) is 10.0. The Hall–Kier alpha value is -2.18. The van der Waals surface area contributed by atoms with E-state index >= 15 is 0 Å².